The van der Waals surface area contributed by atoms with E-state index in [1.165, 1.54) is 57.4 Å². The van der Waals surface area contributed by atoms with E-state index in [2.05, 4.69) is 11.6 Å². The molecule has 0 aromatic heterocycles. The summed E-state index contributed by atoms with van der Waals surface area (Å²) in [5.41, 5.74) is 0. The molecule has 1 aliphatic carbocycles. The third-order valence-electron chi connectivity index (χ3n) is 2.91. The average Bonchev–Trinajstić information content (AvgIpc) is 2.63. The highest BCUT2D eigenvalue weighted by Gasteiger charge is 2.13. The zero-order valence-corrected chi connectivity index (χ0v) is 9.67. The van der Waals surface area contributed by atoms with Gasteiger partial charge >= 0.3 is 0 Å². The maximum atomic E-state index is 3.53. The Morgan fingerprint density at radius 3 is 2.69 bits per heavy atom. The van der Waals surface area contributed by atoms with Crippen molar-refractivity contribution in [3.05, 3.63) is 0 Å². The maximum Gasteiger partial charge on any atom is -0.00411 e. The van der Waals surface area contributed by atoms with Crippen LogP contribution in [0.5, 0.6) is 0 Å². The van der Waals surface area contributed by atoms with Crippen molar-refractivity contribution in [2.45, 2.75) is 38.5 Å². The molecule has 0 bridgehead atoms. The molecule has 13 heavy (non-hydrogen) atoms. The number of thioether (sulfide) groups is 1. The first-order valence-corrected chi connectivity index (χ1v) is 7.02. The first-order chi connectivity index (χ1) is 6.43. The fourth-order valence-corrected chi connectivity index (χ4v) is 2.50. The molecule has 0 spiro atoms. The number of hydrogen-bond donors (Lipinski definition) is 1. The van der Waals surface area contributed by atoms with Crippen LogP contribution in [0.3, 0.4) is 0 Å². The van der Waals surface area contributed by atoms with E-state index in [9.17, 15) is 0 Å². The van der Waals surface area contributed by atoms with Crippen LogP contribution >= 0.6 is 11.8 Å². The van der Waals surface area contributed by atoms with Gasteiger partial charge in [0.2, 0.25) is 0 Å². The minimum Gasteiger partial charge on any atom is -0.317 e. The third-order valence-corrected chi connectivity index (χ3v) is 3.60. The highest BCUT2D eigenvalue weighted by molar-refractivity contribution is 7.98. The van der Waals surface area contributed by atoms with Crippen molar-refractivity contribution in [3.8, 4) is 0 Å². The molecule has 0 aliphatic heterocycles. The first-order valence-electron chi connectivity index (χ1n) is 5.63. The second kappa shape index (κ2) is 7.69. The average molecular weight is 201 g/mol. The van der Waals surface area contributed by atoms with Crippen LogP contribution in [0.15, 0.2) is 0 Å². The lowest BCUT2D eigenvalue weighted by atomic mass is 10.0. The smallest absolute Gasteiger partial charge is 0.00411 e. The molecule has 1 rings (SSSR count). The van der Waals surface area contributed by atoms with Crippen molar-refractivity contribution in [1.29, 1.82) is 0 Å². The largest absolute Gasteiger partial charge is 0.317 e. The number of rotatable bonds is 7. The summed E-state index contributed by atoms with van der Waals surface area (Å²) in [6.07, 6.45) is 10.9. The van der Waals surface area contributed by atoms with Crippen LogP contribution in [0, 0.1) is 5.92 Å². The highest BCUT2D eigenvalue weighted by atomic mass is 32.2. The van der Waals surface area contributed by atoms with Crippen molar-refractivity contribution in [2.75, 3.05) is 25.1 Å². The topological polar surface area (TPSA) is 12.0 Å². The lowest BCUT2D eigenvalue weighted by molar-refractivity contribution is 0.478. The summed E-state index contributed by atoms with van der Waals surface area (Å²) in [7, 11) is 0. The van der Waals surface area contributed by atoms with Crippen LogP contribution in [-0.4, -0.2) is 25.1 Å². The molecule has 0 atom stereocenters. The van der Waals surface area contributed by atoms with Gasteiger partial charge in [-0.15, -0.1) is 0 Å². The normalized spacial score (nSPS) is 18.2. The predicted molar refractivity (Wildman–Crippen MR) is 62.4 cm³/mol. The number of nitrogens with one attached hydrogen (secondary N) is 1. The Balaban J connectivity index is 1.78. The van der Waals surface area contributed by atoms with E-state index in [0.29, 0.717) is 0 Å². The Bertz CT molecular complexity index is 111. The van der Waals surface area contributed by atoms with Crippen molar-refractivity contribution < 1.29 is 0 Å². The molecule has 78 valence electrons. The molecule has 0 saturated heterocycles. The minimum atomic E-state index is 1.05. The Hall–Kier alpha value is 0.310. The summed E-state index contributed by atoms with van der Waals surface area (Å²) in [6.45, 7) is 2.46. The van der Waals surface area contributed by atoms with Gasteiger partial charge in [0.25, 0.3) is 0 Å². The Labute approximate surface area is 87.1 Å². The van der Waals surface area contributed by atoms with Gasteiger partial charge in [-0.1, -0.05) is 25.7 Å². The lowest BCUT2D eigenvalue weighted by Gasteiger charge is -2.09. The third kappa shape index (κ3) is 5.58. The second-order valence-electron chi connectivity index (χ2n) is 4.04. The van der Waals surface area contributed by atoms with E-state index in [-0.39, 0.29) is 0 Å². The summed E-state index contributed by atoms with van der Waals surface area (Å²) < 4.78 is 0. The molecule has 0 unspecified atom stereocenters. The van der Waals surface area contributed by atoms with Gasteiger partial charge in [-0.25, -0.2) is 0 Å². The molecular weight excluding hydrogens is 178 g/mol. The first kappa shape index (κ1) is 11.4. The van der Waals surface area contributed by atoms with Crippen LogP contribution in [0.4, 0.5) is 0 Å². The predicted octanol–water partition coefficient (Wildman–Crippen LogP) is 2.91. The zero-order valence-electron chi connectivity index (χ0n) is 8.85. The van der Waals surface area contributed by atoms with E-state index in [4.69, 9.17) is 0 Å². The van der Waals surface area contributed by atoms with Gasteiger partial charge in [0.1, 0.15) is 0 Å². The Morgan fingerprint density at radius 1 is 1.23 bits per heavy atom. The minimum absolute atomic E-state index is 1.05. The van der Waals surface area contributed by atoms with E-state index < -0.39 is 0 Å². The fourth-order valence-electron chi connectivity index (χ4n) is 2.07. The lowest BCUT2D eigenvalue weighted by Crippen LogP contribution is -2.19. The van der Waals surface area contributed by atoms with E-state index in [1.54, 1.807) is 0 Å². The standard InChI is InChI=1S/C11H23NS/c1-13-10-4-8-12-9-7-11-5-2-3-6-11/h11-12H,2-10H2,1H3. The van der Waals surface area contributed by atoms with Crippen LogP contribution in [0.2, 0.25) is 0 Å². The van der Waals surface area contributed by atoms with E-state index in [0.717, 1.165) is 5.92 Å². The summed E-state index contributed by atoms with van der Waals surface area (Å²) >= 11 is 1.94. The van der Waals surface area contributed by atoms with Crippen LogP contribution in [0.25, 0.3) is 0 Å². The van der Waals surface area contributed by atoms with Crippen LogP contribution in [-0.2, 0) is 0 Å². The van der Waals surface area contributed by atoms with Gasteiger partial charge in [-0.3, -0.25) is 0 Å². The van der Waals surface area contributed by atoms with Gasteiger partial charge in [0.05, 0.1) is 0 Å². The molecule has 1 nitrogen and oxygen atoms in total. The van der Waals surface area contributed by atoms with Gasteiger partial charge in [-0.05, 0) is 43.9 Å². The Morgan fingerprint density at radius 2 is 2.00 bits per heavy atom. The molecule has 0 amide bonds. The van der Waals surface area contributed by atoms with Gasteiger partial charge < -0.3 is 5.32 Å². The summed E-state index contributed by atoms with van der Waals surface area (Å²) in [5.74, 6) is 2.35. The SMILES string of the molecule is CSCCCNCCC1CCCC1. The highest BCUT2D eigenvalue weighted by Crippen LogP contribution is 2.26. The number of hydrogen-bond acceptors (Lipinski definition) is 2. The maximum absolute atomic E-state index is 3.53. The zero-order chi connectivity index (χ0) is 9.36. The summed E-state index contributed by atoms with van der Waals surface area (Å²) in [5, 5.41) is 3.53. The quantitative estimate of drug-likeness (QED) is 0.636. The second-order valence-corrected chi connectivity index (χ2v) is 5.02. The monoisotopic (exact) mass is 201 g/mol. The van der Waals surface area contributed by atoms with Crippen molar-refractivity contribution >= 4 is 11.8 Å². The summed E-state index contributed by atoms with van der Waals surface area (Å²) in [6, 6.07) is 0. The molecule has 1 N–H and O–H groups in total. The molecule has 0 aromatic rings. The molecule has 0 aromatic carbocycles. The van der Waals surface area contributed by atoms with Crippen molar-refractivity contribution in [1.82, 2.24) is 5.32 Å². The van der Waals surface area contributed by atoms with Crippen molar-refractivity contribution in [2.24, 2.45) is 5.92 Å². The molecule has 1 fully saturated rings. The molecule has 2 heteroatoms. The van der Waals surface area contributed by atoms with E-state index >= 15 is 0 Å². The Kier molecular flexibility index (Phi) is 6.73. The van der Waals surface area contributed by atoms with E-state index in [1.807, 2.05) is 11.8 Å². The van der Waals surface area contributed by atoms with Gasteiger partial charge in [0, 0.05) is 0 Å². The fraction of sp³-hybridized carbons (Fsp3) is 1.00. The summed E-state index contributed by atoms with van der Waals surface area (Å²) in [4.78, 5) is 0. The van der Waals surface area contributed by atoms with Gasteiger partial charge in [0.15, 0.2) is 0 Å². The van der Waals surface area contributed by atoms with Crippen LogP contribution < -0.4 is 5.32 Å². The molecule has 1 saturated carbocycles. The van der Waals surface area contributed by atoms with Crippen LogP contribution in [0.1, 0.15) is 38.5 Å². The van der Waals surface area contributed by atoms with Gasteiger partial charge in [-0.2, -0.15) is 11.8 Å². The van der Waals surface area contributed by atoms with Crippen molar-refractivity contribution in [3.63, 3.8) is 0 Å². The molecule has 0 heterocycles. The molecule has 0 radical (unpaired) electrons. The molecule has 1 aliphatic rings. The molecular formula is C11H23NS.